The van der Waals surface area contributed by atoms with Gasteiger partial charge in [0.05, 0.1) is 11.9 Å². The van der Waals surface area contributed by atoms with E-state index in [1.54, 1.807) is 0 Å². The van der Waals surface area contributed by atoms with Crippen LogP contribution in [0.1, 0.15) is 51.4 Å². The van der Waals surface area contributed by atoms with Crippen molar-refractivity contribution in [3.8, 4) is 0 Å². The van der Waals surface area contributed by atoms with E-state index in [9.17, 15) is 0 Å². The van der Waals surface area contributed by atoms with E-state index in [2.05, 4.69) is 4.99 Å². The van der Waals surface area contributed by atoms with Crippen LogP contribution in [0.2, 0.25) is 0 Å². The summed E-state index contributed by atoms with van der Waals surface area (Å²) in [5.41, 5.74) is 5.78. The van der Waals surface area contributed by atoms with Crippen LogP contribution in [0, 0.1) is 5.92 Å². The zero-order chi connectivity index (χ0) is 9.10. The molecule has 1 unspecified atom stereocenters. The van der Waals surface area contributed by atoms with E-state index in [0.717, 1.165) is 18.2 Å². The molecule has 2 rings (SSSR count). The summed E-state index contributed by atoms with van der Waals surface area (Å²) in [7, 11) is 0. The summed E-state index contributed by atoms with van der Waals surface area (Å²) < 4.78 is 0. The minimum absolute atomic E-state index is 0.578. The molecule has 2 nitrogen and oxygen atoms in total. The topological polar surface area (TPSA) is 38.4 Å². The van der Waals surface area contributed by atoms with Crippen molar-refractivity contribution in [2.24, 2.45) is 16.6 Å². The lowest BCUT2D eigenvalue weighted by molar-refractivity contribution is 0.289. The van der Waals surface area contributed by atoms with E-state index in [-0.39, 0.29) is 0 Å². The first-order valence-corrected chi connectivity index (χ1v) is 5.68. The van der Waals surface area contributed by atoms with Gasteiger partial charge in [-0.2, -0.15) is 0 Å². The molecule has 2 N–H and O–H groups in total. The zero-order valence-corrected chi connectivity index (χ0v) is 8.34. The van der Waals surface area contributed by atoms with E-state index in [4.69, 9.17) is 5.73 Å². The summed E-state index contributed by atoms with van der Waals surface area (Å²) in [6.07, 6.45) is 10.6. The molecular formula is C11H20N2. The molecule has 1 fully saturated rings. The molecule has 0 bridgehead atoms. The van der Waals surface area contributed by atoms with Crippen molar-refractivity contribution in [2.75, 3.05) is 0 Å². The molecule has 2 heteroatoms. The van der Waals surface area contributed by atoms with Crippen LogP contribution in [0.4, 0.5) is 0 Å². The van der Waals surface area contributed by atoms with Crippen LogP contribution in [0.3, 0.4) is 0 Å². The van der Waals surface area contributed by atoms with Gasteiger partial charge in [-0.15, -0.1) is 0 Å². The zero-order valence-electron chi connectivity index (χ0n) is 8.34. The van der Waals surface area contributed by atoms with Crippen molar-refractivity contribution in [3.05, 3.63) is 0 Å². The SMILES string of the molecule is NC1=NC(C2CCCCC2)CCC1. The maximum Gasteiger partial charge on any atom is 0.0940 e. The van der Waals surface area contributed by atoms with Gasteiger partial charge in [-0.3, -0.25) is 4.99 Å². The second-order valence-electron chi connectivity index (χ2n) is 4.48. The summed E-state index contributed by atoms with van der Waals surface area (Å²) in [6, 6.07) is 0.578. The fourth-order valence-corrected chi connectivity index (χ4v) is 2.69. The molecule has 13 heavy (non-hydrogen) atoms. The molecule has 0 radical (unpaired) electrons. The third-order valence-corrected chi connectivity index (χ3v) is 3.46. The van der Waals surface area contributed by atoms with Crippen molar-refractivity contribution < 1.29 is 0 Å². The molecule has 0 aromatic rings. The highest BCUT2D eigenvalue weighted by molar-refractivity contribution is 5.80. The Bertz CT molecular complexity index is 192. The number of nitrogens with two attached hydrogens (primary N) is 1. The van der Waals surface area contributed by atoms with E-state index < -0.39 is 0 Å². The van der Waals surface area contributed by atoms with Crippen LogP contribution in [-0.4, -0.2) is 11.9 Å². The van der Waals surface area contributed by atoms with Gasteiger partial charge in [0.2, 0.25) is 0 Å². The van der Waals surface area contributed by atoms with Crippen molar-refractivity contribution in [1.82, 2.24) is 0 Å². The number of amidine groups is 1. The normalized spacial score (nSPS) is 31.4. The van der Waals surface area contributed by atoms with E-state index in [1.807, 2.05) is 0 Å². The molecule has 2 aliphatic rings. The Morgan fingerprint density at radius 3 is 2.46 bits per heavy atom. The molecule has 1 aliphatic carbocycles. The van der Waals surface area contributed by atoms with E-state index in [0.29, 0.717) is 6.04 Å². The van der Waals surface area contributed by atoms with Crippen molar-refractivity contribution in [1.29, 1.82) is 0 Å². The predicted molar refractivity (Wildman–Crippen MR) is 55.8 cm³/mol. The van der Waals surface area contributed by atoms with Gasteiger partial charge in [0.25, 0.3) is 0 Å². The Labute approximate surface area is 80.6 Å². The summed E-state index contributed by atoms with van der Waals surface area (Å²) in [4.78, 5) is 4.60. The summed E-state index contributed by atoms with van der Waals surface area (Å²) >= 11 is 0. The highest BCUT2D eigenvalue weighted by atomic mass is 14.9. The lowest BCUT2D eigenvalue weighted by Crippen LogP contribution is -2.28. The number of hydrogen-bond acceptors (Lipinski definition) is 2. The largest absolute Gasteiger partial charge is 0.387 e. The highest BCUT2D eigenvalue weighted by Gasteiger charge is 2.24. The van der Waals surface area contributed by atoms with Gasteiger partial charge in [-0.05, 0) is 31.6 Å². The molecular weight excluding hydrogens is 160 g/mol. The second-order valence-corrected chi connectivity index (χ2v) is 4.48. The molecule has 0 saturated heterocycles. The molecule has 1 heterocycles. The first kappa shape index (κ1) is 9.04. The number of rotatable bonds is 1. The molecule has 1 atom stereocenters. The van der Waals surface area contributed by atoms with Gasteiger partial charge in [0.1, 0.15) is 0 Å². The summed E-state index contributed by atoms with van der Waals surface area (Å²) in [5, 5.41) is 0. The smallest absolute Gasteiger partial charge is 0.0940 e. The van der Waals surface area contributed by atoms with Crippen LogP contribution in [0.15, 0.2) is 4.99 Å². The maximum atomic E-state index is 5.78. The molecule has 1 saturated carbocycles. The second kappa shape index (κ2) is 4.12. The molecule has 0 aromatic carbocycles. The Balaban J connectivity index is 1.94. The average Bonchev–Trinajstić information content (AvgIpc) is 2.19. The minimum Gasteiger partial charge on any atom is -0.387 e. The van der Waals surface area contributed by atoms with Gasteiger partial charge in [0, 0.05) is 6.42 Å². The van der Waals surface area contributed by atoms with Crippen LogP contribution in [-0.2, 0) is 0 Å². The highest BCUT2D eigenvalue weighted by Crippen LogP contribution is 2.31. The third-order valence-electron chi connectivity index (χ3n) is 3.46. The molecule has 74 valence electrons. The fourth-order valence-electron chi connectivity index (χ4n) is 2.69. The Hall–Kier alpha value is -0.530. The lowest BCUT2D eigenvalue weighted by atomic mass is 9.81. The maximum absolute atomic E-state index is 5.78. The van der Waals surface area contributed by atoms with Crippen molar-refractivity contribution in [3.63, 3.8) is 0 Å². The van der Waals surface area contributed by atoms with E-state index in [1.165, 1.54) is 44.9 Å². The molecule has 0 aromatic heterocycles. The summed E-state index contributed by atoms with van der Waals surface area (Å²) in [5.74, 6) is 1.76. The number of nitrogens with zero attached hydrogens (tertiary/aromatic N) is 1. The quantitative estimate of drug-likeness (QED) is 0.661. The Morgan fingerprint density at radius 1 is 1.00 bits per heavy atom. The number of hydrogen-bond donors (Lipinski definition) is 1. The first-order valence-electron chi connectivity index (χ1n) is 5.68. The van der Waals surface area contributed by atoms with Crippen molar-refractivity contribution in [2.45, 2.75) is 57.4 Å². The molecule has 1 aliphatic heterocycles. The van der Waals surface area contributed by atoms with Gasteiger partial charge < -0.3 is 5.73 Å². The van der Waals surface area contributed by atoms with Gasteiger partial charge >= 0.3 is 0 Å². The van der Waals surface area contributed by atoms with E-state index >= 15 is 0 Å². The number of aliphatic imine (C=N–C) groups is 1. The average molecular weight is 180 g/mol. The van der Waals surface area contributed by atoms with Crippen LogP contribution in [0.5, 0.6) is 0 Å². The fraction of sp³-hybridized carbons (Fsp3) is 0.909. The van der Waals surface area contributed by atoms with Crippen LogP contribution < -0.4 is 5.73 Å². The third kappa shape index (κ3) is 2.23. The van der Waals surface area contributed by atoms with Crippen LogP contribution >= 0.6 is 0 Å². The molecule has 0 amide bonds. The lowest BCUT2D eigenvalue weighted by Gasteiger charge is -2.30. The van der Waals surface area contributed by atoms with Gasteiger partial charge in [0.15, 0.2) is 0 Å². The van der Waals surface area contributed by atoms with Crippen molar-refractivity contribution >= 4 is 5.84 Å². The standard InChI is InChI=1S/C11H20N2/c12-11-8-4-7-10(13-11)9-5-2-1-3-6-9/h9-10H,1-8H2,(H2,12,13). The first-order chi connectivity index (χ1) is 6.36. The Kier molecular flexibility index (Phi) is 2.87. The minimum atomic E-state index is 0.578. The molecule has 0 spiro atoms. The Morgan fingerprint density at radius 2 is 1.77 bits per heavy atom. The van der Waals surface area contributed by atoms with Crippen LogP contribution in [0.25, 0.3) is 0 Å². The monoisotopic (exact) mass is 180 g/mol. The van der Waals surface area contributed by atoms with Gasteiger partial charge in [-0.1, -0.05) is 19.3 Å². The van der Waals surface area contributed by atoms with Gasteiger partial charge in [-0.25, -0.2) is 0 Å². The summed E-state index contributed by atoms with van der Waals surface area (Å²) in [6.45, 7) is 0. The predicted octanol–water partition coefficient (Wildman–Crippen LogP) is 2.48.